The lowest BCUT2D eigenvalue weighted by Gasteiger charge is -2.34. The molecule has 7 heteroatoms. The molecule has 30 heavy (non-hydrogen) atoms. The quantitative estimate of drug-likeness (QED) is 0.315. The van der Waals surface area contributed by atoms with E-state index in [0.29, 0.717) is 6.54 Å². The molecule has 158 valence electrons. The number of aromatic nitrogens is 2. The summed E-state index contributed by atoms with van der Waals surface area (Å²) in [6, 6.07) is 20.3. The molecule has 0 bridgehead atoms. The van der Waals surface area contributed by atoms with Gasteiger partial charge in [-0.2, -0.15) is 5.10 Å². The molecule has 0 radical (unpaired) electrons. The molecule has 1 N–H and O–H groups in total. The summed E-state index contributed by atoms with van der Waals surface area (Å²) in [7, 11) is 1.84. The molecule has 0 spiro atoms. The van der Waals surface area contributed by atoms with E-state index >= 15 is 0 Å². The second-order valence-corrected chi connectivity index (χ2v) is 7.10. The first kappa shape index (κ1) is 22.1. The van der Waals surface area contributed by atoms with Gasteiger partial charge < -0.3 is 15.0 Å². The van der Waals surface area contributed by atoms with Crippen LogP contribution in [0.4, 0.5) is 0 Å². The molecule has 2 aromatic carbocycles. The third-order valence-corrected chi connectivity index (χ3v) is 5.18. The van der Waals surface area contributed by atoms with E-state index in [-0.39, 0.29) is 30.1 Å². The molecule has 0 saturated carbocycles. The first-order valence-corrected chi connectivity index (χ1v) is 10.1. The van der Waals surface area contributed by atoms with Crippen molar-refractivity contribution in [2.45, 2.75) is 25.5 Å². The third kappa shape index (κ3) is 5.53. The standard InChI is InChI=1S/C23H27N5O.HI/c1-24-23(25-18-19-8-5-6-11-22(19)28-15-7-14-26-28)27-16-12-21(13-17-27)29-20-9-3-2-4-10-20;/h2-11,14-15,21H,12-13,16-18H2,1H3,(H,24,25);1H. The normalized spacial score (nSPS) is 14.8. The fourth-order valence-electron chi connectivity index (χ4n) is 3.68. The number of aliphatic imine (C=N–C) groups is 1. The number of guanidine groups is 1. The van der Waals surface area contributed by atoms with E-state index in [2.05, 4.69) is 38.5 Å². The molecule has 1 fully saturated rings. The highest BCUT2D eigenvalue weighted by molar-refractivity contribution is 14.0. The van der Waals surface area contributed by atoms with Crippen molar-refractivity contribution in [2.75, 3.05) is 20.1 Å². The van der Waals surface area contributed by atoms with Crippen LogP contribution < -0.4 is 10.1 Å². The minimum absolute atomic E-state index is 0. The number of ether oxygens (including phenoxy) is 1. The fourth-order valence-corrected chi connectivity index (χ4v) is 3.68. The Kier molecular flexibility index (Phi) is 8.12. The predicted octanol–water partition coefficient (Wildman–Crippen LogP) is 4.11. The van der Waals surface area contributed by atoms with Crippen molar-refractivity contribution in [1.82, 2.24) is 20.0 Å². The van der Waals surface area contributed by atoms with Crippen molar-refractivity contribution in [3.8, 4) is 11.4 Å². The molecule has 0 aliphatic carbocycles. The Hall–Kier alpha value is -2.55. The Balaban J connectivity index is 0.00000256. The molecule has 0 atom stereocenters. The smallest absolute Gasteiger partial charge is 0.193 e. The SMILES string of the molecule is CN=C(NCc1ccccc1-n1cccn1)N1CCC(Oc2ccccc2)CC1.I. The molecule has 0 unspecified atom stereocenters. The molecule has 1 aromatic heterocycles. The van der Waals surface area contributed by atoms with Gasteiger partial charge in [0.1, 0.15) is 11.9 Å². The maximum absolute atomic E-state index is 6.11. The monoisotopic (exact) mass is 517 g/mol. The number of rotatable bonds is 5. The highest BCUT2D eigenvalue weighted by Gasteiger charge is 2.22. The largest absolute Gasteiger partial charge is 0.490 e. The Morgan fingerprint density at radius 1 is 1.07 bits per heavy atom. The van der Waals surface area contributed by atoms with Crippen LogP contribution in [0.5, 0.6) is 5.75 Å². The second-order valence-electron chi connectivity index (χ2n) is 7.10. The lowest BCUT2D eigenvalue weighted by Crippen LogP contribution is -2.47. The van der Waals surface area contributed by atoms with E-state index in [1.807, 2.05) is 60.4 Å². The van der Waals surface area contributed by atoms with Crippen LogP contribution in [0.2, 0.25) is 0 Å². The molecule has 3 aromatic rings. The van der Waals surface area contributed by atoms with Crippen LogP contribution in [0, 0.1) is 0 Å². The molecule has 0 amide bonds. The van der Waals surface area contributed by atoms with Crippen molar-refractivity contribution in [2.24, 2.45) is 4.99 Å². The Bertz CT molecular complexity index is 922. The van der Waals surface area contributed by atoms with Gasteiger partial charge in [-0.25, -0.2) is 4.68 Å². The summed E-state index contributed by atoms with van der Waals surface area (Å²) in [5.74, 6) is 1.88. The van der Waals surface area contributed by atoms with Crippen molar-refractivity contribution in [3.05, 3.63) is 78.6 Å². The summed E-state index contributed by atoms with van der Waals surface area (Å²) in [6.45, 7) is 2.55. The number of likely N-dealkylation sites (tertiary alicyclic amines) is 1. The number of halogens is 1. The lowest BCUT2D eigenvalue weighted by molar-refractivity contribution is 0.129. The molecular weight excluding hydrogens is 489 g/mol. The number of benzene rings is 2. The summed E-state index contributed by atoms with van der Waals surface area (Å²) in [5, 5.41) is 7.88. The number of nitrogens with one attached hydrogen (secondary N) is 1. The third-order valence-electron chi connectivity index (χ3n) is 5.18. The minimum Gasteiger partial charge on any atom is -0.490 e. The van der Waals surface area contributed by atoms with Gasteiger partial charge in [0.2, 0.25) is 0 Å². The summed E-state index contributed by atoms with van der Waals surface area (Å²) >= 11 is 0. The van der Waals surface area contributed by atoms with E-state index in [9.17, 15) is 0 Å². The van der Waals surface area contributed by atoms with Gasteiger partial charge in [0.15, 0.2) is 5.96 Å². The number of hydrogen-bond acceptors (Lipinski definition) is 3. The maximum atomic E-state index is 6.11. The van der Waals surface area contributed by atoms with E-state index in [1.165, 1.54) is 5.56 Å². The Morgan fingerprint density at radius 3 is 2.50 bits per heavy atom. The Morgan fingerprint density at radius 2 is 1.80 bits per heavy atom. The first-order valence-electron chi connectivity index (χ1n) is 10.1. The Labute approximate surface area is 195 Å². The highest BCUT2D eigenvalue weighted by atomic mass is 127. The average Bonchev–Trinajstić information content (AvgIpc) is 3.31. The van der Waals surface area contributed by atoms with Crippen molar-refractivity contribution >= 4 is 29.9 Å². The molecular formula is C23H28IN5O. The molecule has 1 aliphatic rings. The molecule has 2 heterocycles. The van der Waals surface area contributed by atoms with Crippen LogP contribution in [0.3, 0.4) is 0 Å². The van der Waals surface area contributed by atoms with Crippen molar-refractivity contribution < 1.29 is 4.74 Å². The van der Waals surface area contributed by atoms with E-state index in [1.54, 1.807) is 6.20 Å². The zero-order chi connectivity index (χ0) is 19.9. The predicted molar refractivity (Wildman–Crippen MR) is 131 cm³/mol. The number of piperidine rings is 1. The van der Waals surface area contributed by atoms with E-state index < -0.39 is 0 Å². The number of nitrogens with zero attached hydrogens (tertiary/aromatic N) is 4. The molecule has 1 aliphatic heterocycles. The van der Waals surface area contributed by atoms with Crippen LogP contribution in [0.15, 0.2) is 78.0 Å². The summed E-state index contributed by atoms with van der Waals surface area (Å²) in [4.78, 5) is 6.80. The van der Waals surface area contributed by atoms with Crippen LogP contribution >= 0.6 is 24.0 Å². The number of hydrogen-bond donors (Lipinski definition) is 1. The van der Waals surface area contributed by atoms with Crippen LogP contribution in [-0.4, -0.2) is 46.9 Å². The maximum Gasteiger partial charge on any atom is 0.193 e. The van der Waals surface area contributed by atoms with Gasteiger partial charge in [-0.15, -0.1) is 24.0 Å². The van der Waals surface area contributed by atoms with Gasteiger partial charge in [0.25, 0.3) is 0 Å². The average molecular weight is 517 g/mol. The highest BCUT2D eigenvalue weighted by Crippen LogP contribution is 2.19. The second kappa shape index (κ2) is 11.0. The summed E-state index contributed by atoms with van der Waals surface area (Å²) < 4.78 is 8.00. The zero-order valence-corrected chi connectivity index (χ0v) is 19.5. The van der Waals surface area contributed by atoms with Gasteiger partial charge in [-0.05, 0) is 29.8 Å². The van der Waals surface area contributed by atoms with Gasteiger partial charge in [0, 0.05) is 51.9 Å². The summed E-state index contributed by atoms with van der Waals surface area (Å²) in [5.41, 5.74) is 2.26. The van der Waals surface area contributed by atoms with Crippen molar-refractivity contribution in [1.29, 1.82) is 0 Å². The van der Waals surface area contributed by atoms with Gasteiger partial charge in [-0.3, -0.25) is 4.99 Å². The topological polar surface area (TPSA) is 54.7 Å². The van der Waals surface area contributed by atoms with Gasteiger partial charge >= 0.3 is 0 Å². The van der Waals surface area contributed by atoms with Crippen LogP contribution in [0.25, 0.3) is 5.69 Å². The van der Waals surface area contributed by atoms with Gasteiger partial charge in [-0.1, -0.05) is 36.4 Å². The van der Waals surface area contributed by atoms with Crippen LogP contribution in [-0.2, 0) is 6.54 Å². The lowest BCUT2D eigenvalue weighted by atomic mass is 10.1. The van der Waals surface area contributed by atoms with Gasteiger partial charge in [0.05, 0.1) is 5.69 Å². The molecule has 4 rings (SSSR count). The zero-order valence-electron chi connectivity index (χ0n) is 17.1. The molecule has 6 nitrogen and oxygen atoms in total. The van der Waals surface area contributed by atoms with E-state index in [0.717, 1.165) is 43.3 Å². The van der Waals surface area contributed by atoms with E-state index in [4.69, 9.17) is 4.74 Å². The first-order chi connectivity index (χ1) is 14.3. The fraction of sp³-hybridized carbons (Fsp3) is 0.304. The van der Waals surface area contributed by atoms with Crippen LogP contribution in [0.1, 0.15) is 18.4 Å². The summed E-state index contributed by atoms with van der Waals surface area (Å²) in [6.07, 6.45) is 5.99. The number of para-hydroxylation sites is 2. The minimum atomic E-state index is 0. The van der Waals surface area contributed by atoms with Crippen molar-refractivity contribution in [3.63, 3.8) is 0 Å². The molecule has 1 saturated heterocycles.